The van der Waals surface area contributed by atoms with Gasteiger partial charge in [0.1, 0.15) is 29.3 Å². The van der Waals surface area contributed by atoms with Crippen molar-refractivity contribution in [1.82, 2.24) is 34.9 Å². The van der Waals surface area contributed by atoms with Crippen LogP contribution in [0.3, 0.4) is 0 Å². The Bertz CT molecular complexity index is 1470. The van der Waals surface area contributed by atoms with Crippen LogP contribution >= 0.6 is 0 Å². The third-order valence-electron chi connectivity index (χ3n) is 8.96. The van der Waals surface area contributed by atoms with Crippen molar-refractivity contribution in [3.8, 4) is 22.8 Å². The van der Waals surface area contributed by atoms with E-state index in [1.807, 2.05) is 54.6 Å². The molecule has 0 saturated carbocycles. The molecule has 2 radical (unpaired) electrons. The Balaban J connectivity index is 1.08. The Kier molecular flexibility index (Phi) is 7.12. The number of aromatic nitrogens is 4. The predicted octanol–water partition coefficient (Wildman–Crippen LogP) is 2.72. The van der Waals surface area contributed by atoms with Crippen molar-refractivity contribution in [2.45, 2.75) is 55.9 Å². The molecule has 4 aromatic rings. The van der Waals surface area contributed by atoms with E-state index in [2.05, 4.69) is 29.8 Å². The first-order valence-electron chi connectivity index (χ1n) is 14.6. The molecule has 0 bridgehead atoms. The van der Waals surface area contributed by atoms with Crippen LogP contribution in [0.4, 0.5) is 5.82 Å². The molecule has 7 rings (SSSR count). The fourth-order valence-electron chi connectivity index (χ4n) is 6.72. The first-order valence-corrected chi connectivity index (χ1v) is 14.6. The number of piperidine rings is 2. The smallest absolute Gasteiger partial charge is 0.164 e. The molecule has 2 aromatic carbocycles. The number of nitrogens with one attached hydrogen (secondary N) is 1. The lowest BCUT2D eigenvalue weighted by Gasteiger charge is -2.52. The summed E-state index contributed by atoms with van der Waals surface area (Å²) in [5, 5.41) is 9.22. The van der Waals surface area contributed by atoms with Crippen LogP contribution in [0, 0.1) is 0 Å². The van der Waals surface area contributed by atoms with Gasteiger partial charge in [-0.1, -0.05) is 18.2 Å². The minimum atomic E-state index is 0.00958. The number of likely N-dealkylation sites (tertiary alicyclic amines) is 2. The van der Waals surface area contributed by atoms with Crippen molar-refractivity contribution in [2.75, 3.05) is 31.9 Å². The molecule has 3 aliphatic rings. The van der Waals surface area contributed by atoms with Crippen molar-refractivity contribution in [3.05, 3.63) is 60.9 Å². The summed E-state index contributed by atoms with van der Waals surface area (Å²) in [6.07, 6.45) is 5.40. The second-order valence-electron chi connectivity index (χ2n) is 11.5. The largest absolute Gasteiger partial charge is 0.457 e. The lowest BCUT2D eigenvalue weighted by atomic mass is 9.79. The highest BCUT2D eigenvalue weighted by atomic mass is 16.5. The molecule has 2 aromatic heterocycles. The van der Waals surface area contributed by atoms with E-state index in [1.54, 1.807) is 0 Å². The highest BCUT2D eigenvalue weighted by Crippen LogP contribution is 2.36. The molecule has 3 saturated heterocycles. The topological polar surface area (TPSA) is 123 Å². The second kappa shape index (κ2) is 11.1. The average Bonchev–Trinajstić information content (AvgIpc) is 3.36. The minimum absolute atomic E-state index is 0.00958. The fourth-order valence-corrected chi connectivity index (χ4v) is 6.72. The van der Waals surface area contributed by atoms with Crippen LogP contribution < -0.4 is 21.5 Å². The highest BCUT2D eigenvalue weighted by molar-refractivity contribution is 6.11. The van der Waals surface area contributed by atoms with Crippen molar-refractivity contribution in [2.24, 2.45) is 5.73 Å². The van der Waals surface area contributed by atoms with Crippen LogP contribution in [-0.4, -0.2) is 87.8 Å². The van der Waals surface area contributed by atoms with Crippen molar-refractivity contribution in [3.63, 3.8) is 0 Å². The number of ether oxygens (including phenoxy) is 1. The van der Waals surface area contributed by atoms with E-state index in [0.29, 0.717) is 17.9 Å². The van der Waals surface area contributed by atoms with E-state index in [0.717, 1.165) is 85.7 Å². The molecule has 3 aliphatic heterocycles. The zero-order valence-corrected chi connectivity index (χ0v) is 23.1. The van der Waals surface area contributed by atoms with Crippen molar-refractivity contribution < 1.29 is 4.74 Å². The summed E-state index contributed by atoms with van der Waals surface area (Å²) < 4.78 is 8.05. The molecule has 3 fully saturated rings. The number of hydrogen-bond donors (Lipinski definition) is 3. The summed E-state index contributed by atoms with van der Waals surface area (Å²) in [5.41, 5.74) is 15.5. The Morgan fingerprint density at radius 2 is 1.61 bits per heavy atom. The van der Waals surface area contributed by atoms with Crippen LogP contribution in [0.5, 0.6) is 11.5 Å². The Hall–Kier alpha value is -3.51. The first-order chi connectivity index (χ1) is 20.0. The average molecular weight is 549 g/mol. The van der Waals surface area contributed by atoms with Crippen LogP contribution in [0.1, 0.15) is 31.7 Å². The number of rotatable bonds is 6. The van der Waals surface area contributed by atoms with E-state index < -0.39 is 0 Å². The fraction of sp³-hybridized carbons (Fsp3) is 0.433. The molecular formula is C30H36BN9O. The molecule has 11 heteroatoms. The molecule has 5 N–H and O–H groups in total. The zero-order chi connectivity index (χ0) is 27.9. The van der Waals surface area contributed by atoms with Crippen molar-refractivity contribution in [1.29, 1.82) is 0 Å². The van der Waals surface area contributed by atoms with Gasteiger partial charge in [0, 0.05) is 43.8 Å². The maximum absolute atomic E-state index is 6.62. The summed E-state index contributed by atoms with van der Waals surface area (Å²) in [4.78, 5) is 13.8. The monoisotopic (exact) mass is 549 g/mol. The van der Waals surface area contributed by atoms with E-state index in [-0.39, 0.29) is 18.1 Å². The number of nitrogen functional groups attached to an aromatic ring is 1. The number of nitrogens with zero attached hydrogens (tertiary/aromatic N) is 6. The molecule has 5 heterocycles. The number of fused-ring (bicyclic) bond motifs is 1. The number of anilines is 1. The molecule has 3 atom stereocenters. The van der Waals surface area contributed by atoms with Crippen LogP contribution in [0.25, 0.3) is 22.3 Å². The minimum Gasteiger partial charge on any atom is -0.457 e. The molecule has 3 unspecified atom stereocenters. The van der Waals surface area contributed by atoms with Gasteiger partial charge in [0.2, 0.25) is 0 Å². The standard InChI is InChI=1S/C30H36BN9O/c31-25-14-21(15-26(32)39(25)22-16-34-17-22)38-12-10-20(11-13-38)40-30-27(29(33)35-18-36-30)28(37-40)19-6-8-24(9-7-19)41-23-4-2-1-3-5-23/h1-9,18,20-22,25-26,34H,10-17,32H2,(H2,33,35,36). The van der Waals surface area contributed by atoms with Crippen molar-refractivity contribution >= 4 is 24.7 Å². The highest BCUT2D eigenvalue weighted by Gasteiger charge is 2.40. The third-order valence-corrected chi connectivity index (χ3v) is 8.96. The molecule has 10 nitrogen and oxygen atoms in total. The van der Waals surface area contributed by atoms with Gasteiger partial charge in [0.15, 0.2) is 5.65 Å². The SMILES string of the molecule is [B]C1CC(N2CCC(n3nc(-c4ccc(Oc5ccccc5)cc4)c4c(N)ncnc43)CC2)CC(N)N1C1CNC1. The van der Waals surface area contributed by atoms with Gasteiger partial charge in [0.25, 0.3) is 0 Å². The molecule has 0 aliphatic carbocycles. The Morgan fingerprint density at radius 1 is 0.878 bits per heavy atom. The maximum atomic E-state index is 6.62. The van der Waals surface area contributed by atoms with Gasteiger partial charge in [-0.25, -0.2) is 14.6 Å². The third kappa shape index (κ3) is 5.08. The number of nitrogens with two attached hydrogens (primary N) is 2. The molecular weight excluding hydrogens is 513 g/mol. The van der Waals surface area contributed by atoms with E-state index >= 15 is 0 Å². The quantitative estimate of drug-likeness (QED) is 0.312. The predicted molar refractivity (Wildman–Crippen MR) is 161 cm³/mol. The van der Waals surface area contributed by atoms with E-state index in [1.165, 1.54) is 6.33 Å². The summed E-state index contributed by atoms with van der Waals surface area (Å²) in [6, 6.07) is 18.8. The summed E-state index contributed by atoms with van der Waals surface area (Å²) in [7, 11) is 6.62. The van der Waals surface area contributed by atoms with Gasteiger partial charge in [0.05, 0.1) is 25.4 Å². The molecule has 210 valence electrons. The van der Waals surface area contributed by atoms with Gasteiger partial charge < -0.3 is 26.4 Å². The van der Waals surface area contributed by atoms with Gasteiger partial charge >= 0.3 is 0 Å². The lowest BCUT2D eigenvalue weighted by molar-refractivity contribution is -0.000930. The van der Waals surface area contributed by atoms with E-state index in [9.17, 15) is 0 Å². The Labute approximate surface area is 241 Å². The molecule has 0 amide bonds. The maximum Gasteiger partial charge on any atom is 0.164 e. The van der Waals surface area contributed by atoms with Gasteiger partial charge in [-0.15, -0.1) is 0 Å². The lowest BCUT2D eigenvalue weighted by Crippen LogP contribution is -2.68. The normalized spacial score (nSPS) is 24.9. The molecule has 0 spiro atoms. The summed E-state index contributed by atoms with van der Waals surface area (Å²) >= 11 is 0. The van der Waals surface area contributed by atoms with Gasteiger partial charge in [-0.2, -0.15) is 5.10 Å². The Morgan fingerprint density at radius 3 is 2.29 bits per heavy atom. The van der Waals surface area contributed by atoms with Gasteiger partial charge in [-0.3, -0.25) is 4.90 Å². The summed E-state index contributed by atoms with van der Waals surface area (Å²) in [6.45, 7) is 3.92. The van der Waals surface area contributed by atoms with E-state index in [4.69, 9.17) is 29.1 Å². The first kappa shape index (κ1) is 26.4. The number of hydrogen-bond acceptors (Lipinski definition) is 9. The van der Waals surface area contributed by atoms with Gasteiger partial charge in [-0.05, 0) is 68.0 Å². The van der Waals surface area contributed by atoms with Crippen LogP contribution in [0.15, 0.2) is 60.9 Å². The number of para-hydroxylation sites is 1. The molecule has 41 heavy (non-hydrogen) atoms. The number of benzene rings is 2. The summed E-state index contributed by atoms with van der Waals surface area (Å²) in [5.74, 6) is 2.00. The second-order valence-corrected chi connectivity index (χ2v) is 11.5. The van der Waals surface area contributed by atoms with Crippen LogP contribution in [0.2, 0.25) is 0 Å². The zero-order valence-electron chi connectivity index (χ0n) is 23.1. The van der Waals surface area contributed by atoms with Crippen LogP contribution in [-0.2, 0) is 0 Å².